The molecule has 3 aromatic carbocycles. The third-order valence-corrected chi connectivity index (χ3v) is 11.4. The summed E-state index contributed by atoms with van der Waals surface area (Å²) >= 11 is 0. The number of piperidine rings is 1. The van der Waals surface area contributed by atoms with E-state index in [1.54, 1.807) is 42.5 Å². The summed E-state index contributed by atoms with van der Waals surface area (Å²) in [6.45, 7) is 1.16. The summed E-state index contributed by atoms with van der Waals surface area (Å²) < 4.78 is 81.9. The zero-order valence-corrected chi connectivity index (χ0v) is 31.9. The van der Waals surface area contributed by atoms with Crippen molar-refractivity contribution in [2.24, 2.45) is 0 Å². The molecule has 0 bridgehead atoms. The predicted octanol–water partition coefficient (Wildman–Crippen LogP) is 4.16. The summed E-state index contributed by atoms with van der Waals surface area (Å²) in [7, 11) is -2.21. The van der Waals surface area contributed by atoms with Gasteiger partial charge >= 0.3 is 6.18 Å². The quantitative estimate of drug-likeness (QED) is 0.118. The zero-order chi connectivity index (χ0) is 41.5. The summed E-state index contributed by atoms with van der Waals surface area (Å²) in [5.41, 5.74) is 1.27. The zero-order valence-electron chi connectivity index (χ0n) is 31.1. The Hall–Kier alpha value is -6.15. The van der Waals surface area contributed by atoms with E-state index in [9.17, 15) is 40.8 Å². The number of halogens is 4. The number of rotatable bonds is 12. The van der Waals surface area contributed by atoms with Gasteiger partial charge in [0.2, 0.25) is 27.8 Å². The number of alkyl halides is 3. The summed E-state index contributed by atoms with van der Waals surface area (Å²) in [4.78, 5) is 61.1. The Morgan fingerprint density at radius 1 is 0.966 bits per heavy atom. The lowest BCUT2D eigenvalue weighted by Crippen LogP contribution is -2.54. The Kier molecular flexibility index (Phi) is 10.8. The maximum atomic E-state index is 15.3. The predicted molar refractivity (Wildman–Crippen MR) is 204 cm³/mol. The number of anilines is 5. The van der Waals surface area contributed by atoms with Crippen molar-refractivity contribution in [3.8, 4) is 0 Å². The molecule has 304 valence electrons. The van der Waals surface area contributed by atoms with Gasteiger partial charge in [0.05, 0.1) is 23.1 Å². The van der Waals surface area contributed by atoms with Crippen molar-refractivity contribution in [2.45, 2.75) is 50.6 Å². The highest BCUT2D eigenvalue weighted by molar-refractivity contribution is 7.92. The molecule has 2 fully saturated rings. The van der Waals surface area contributed by atoms with Gasteiger partial charge in [-0.1, -0.05) is 18.2 Å². The molecule has 0 spiro atoms. The van der Waals surface area contributed by atoms with Gasteiger partial charge in [0, 0.05) is 68.8 Å². The largest absolute Gasteiger partial charge is 0.421 e. The van der Waals surface area contributed by atoms with Crippen LogP contribution in [-0.4, -0.2) is 85.4 Å². The number of sulfonamides is 1. The Bertz CT molecular complexity index is 2430. The van der Waals surface area contributed by atoms with Crippen LogP contribution in [0.4, 0.5) is 46.4 Å². The van der Waals surface area contributed by atoms with Crippen molar-refractivity contribution in [3.63, 3.8) is 0 Å². The van der Waals surface area contributed by atoms with Crippen LogP contribution in [0.15, 0.2) is 66.9 Å². The molecule has 2 saturated heterocycles. The van der Waals surface area contributed by atoms with Crippen LogP contribution in [0.1, 0.15) is 56.7 Å². The van der Waals surface area contributed by atoms with E-state index in [-0.39, 0.29) is 54.7 Å². The monoisotopic (exact) mass is 823 g/mol. The number of amides is 4. The van der Waals surface area contributed by atoms with Gasteiger partial charge in [-0.15, -0.1) is 0 Å². The Morgan fingerprint density at radius 2 is 1.74 bits per heavy atom. The number of carbonyl (C=O) groups is 4. The topological polar surface area (TPSA) is 186 Å². The first-order valence-electron chi connectivity index (χ1n) is 18.1. The number of carbonyl (C=O) groups excluding carboxylic acids is 4. The van der Waals surface area contributed by atoms with E-state index in [1.165, 1.54) is 25.2 Å². The smallest absolute Gasteiger partial charge is 0.370 e. The van der Waals surface area contributed by atoms with Crippen LogP contribution < -0.4 is 30.5 Å². The highest BCUT2D eigenvalue weighted by atomic mass is 32.2. The van der Waals surface area contributed by atoms with Crippen molar-refractivity contribution in [1.29, 1.82) is 0 Å². The van der Waals surface area contributed by atoms with E-state index in [4.69, 9.17) is 0 Å². The minimum atomic E-state index is -4.79. The van der Waals surface area contributed by atoms with E-state index in [0.29, 0.717) is 48.2 Å². The SMILES string of the molecule is CN(c1cccc(CNc2nc(Nc3ccc(CN[C@@H]4CCN(c5ccc6c(c5)C(=O)N(C5CCC(=O)NC5=O)C6=O)C4)c(F)c3)ncc2C(F)(F)F)c1)S(C)(=O)=O. The first kappa shape index (κ1) is 40.1. The van der Waals surface area contributed by atoms with Gasteiger partial charge in [-0.05, 0) is 60.9 Å². The van der Waals surface area contributed by atoms with Crippen LogP contribution in [0.3, 0.4) is 0 Å². The fraction of sp³-hybridized carbons (Fsp3) is 0.316. The standard InChI is InChI=1S/C38H37F4N9O6S/c1-49(58(2,56)57)25-5-3-4-21(14-25)17-44-33-29(38(40,41)42)19-45-37(48-33)46-23-7-6-22(30(39)15-23)18-43-24-12-13-50(20-24)26-8-9-27-28(16-26)36(55)51(35(27)54)31-10-11-32(52)47-34(31)53/h3-9,14-16,19,24,31,43H,10-13,17-18,20H2,1-2H3,(H,47,52,53)(H2,44,45,46,48)/t24-,31?/m1/s1. The Balaban J connectivity index is 0.960. The fourth-order valence-electron chi connectivity index (χ4n) is 6.99. The van der Waals surface area contributed by atoms with E-state index >= 15 is 4.39 Å². The van der Waals surface area contributed by atoms with Gasteiger partial charge in [0.1, 0.15) is 23.2 Å². The van der Waals surface area contributed by atoms with E-state index < -0.39 is 63.1 Å². The molecule has 3 aliphatic heterocycles. The average Bonchev–Trinajstić information content (AvgIpc) is 3.74. The lowest BCUT2D eigenvalue weighted by molar-refractivity contribution is -0.138. The molecule has 0 saturated carbocycles. The molecular formula is C38H37F4N9O6S. The second kappa shape index (κ2) is 15.7. The summed E-state index contributed by atoms with van der Waals surface area (Å²) in [6, 6.07) is 14.3. The van der Waals surface area contributed by atoms with Crippen LogP contribution in [-0.2, 0) is 38.9 Å². The van der Waals surface area contributed by atoms with Crippen molar-refractivity contribution >= 4 is 62.5 Å². The number of nitrogens with one attached hydrogen (secondary N) is 4. The molecule has 3 aliphatic rings. The molecule has 58 heavy (non-hydrogen) atoms. The van der Waals surface area contributed by atoms with E-state index in [0.717, 1.165) is 15.5 Å². The second-order valence-electron chi connectivity index (χ2n) is 14.1. The Labute approximate surface area is 329 Å². The lowest BCUT2D eigenvalue weighted by atomic mass is 10.0. The van der Waals surface area contributed by atoms with Crippen molar-refractivity contribution < 1.29 is 45.2 Å². The third kappa shape index (κ3) is 8.42. The van der Waals surface area contributed by atoms with Gasteiger partial charge < -0.3 is 20.9 Å². The highest BCUT2D eigenvalue weighted by Crippen LogP contribution is 2.35. The summed E-state index contributed by atoms with van der Waals surface area (Å²) in [5.74, 6) is -3.66. The number of fused-ring (bicyclic) bond motifs is 1. The van der Waals surface area contributed by atoms with Crippen LogP contribution in [0.25, 0.3) is 0 Å². The second-order valence-corrected chi connectivity index (χ2v) is 16.1. The van der Waals surface area contributed by atoms with Crippen LogP contribution >= 0.6 is 0 Å². The lowest BCUT2D eigenvalue weighted by Gasteiger charge is -2.27. The van der Waals surface area contributed by atoms with Gasteiger partial charge in [-0.25, -0.2) is 17.8 Å². The van der Waals surface area contributed by atoms with E-state index in [2.05, 4.69) is 31.2 Å². The molecule has 4 heterocycles. The highest BCUT2D eigenvalue weighted by Gasteiger charge is 2.45. The molecule has 0 aliphatic carbocycles. The minimum absolute atomic E-state index is 0.0224. The molecule has 4 amide bonds. The van der Waals surface area contributed by atoms with Crippen LogP contribution in [0, 0.1) is 5.82 Å². The molecule has 4 aromatic rings. The Morgan fingerprint density at radius 3 is 2.47 bits per heavy atom. The van der Waals surface area contributed by atoms with Gasteiger partial charge in [0.25, 0.3) is 11.8 Å². The van der Waals surface area contributed by atoms with Crippen molar-refractivity contribution in [1.82, 2.24) is 25.5 Å². The first-order chi connectivity index (χ1) is 27.5. The number of hydrogen-bond acceptors (Lipinski definition) is 12. The van der Waals surface area contributed by atoms with Gasteiger partial charge in [0.15, 0.2) is 0 Å². The molecular weight excluding hydrogens is 787 g/mol. The van der Waals surface area contributed by atoms with Crippen LogP contribution in [0.2, 0.25) is 0 Å². The number of aromatic nitrogens is 2. The summed E-state index contributed by atoms with van der Waals surface area (Å²) in [6.07, 6.45) is -2.38. The van der Waals surface area contributed by atoms with E-state index in [1.807, 2.05) is 4.90 Å². The average molecular weight is 824 g/mol. The number of nitrogens with zero attached hydrogens (tertiary/aromatic N) is 5. The molecule has 2 atom stereocenters. The van der Waals surface area contributed by atoms with Gasteiger partial charge in [-0.2, -0.15) is 18.2 Å². The minimum Gasteiger partial charge on any atom is -0.370 e. The molecule has 1 unspecified atom stereocenters. The molecule has 0 radical (unpaired) electrons. The van der Waals surface area contributed by atoms with Gasteiger partial charge in [-0.3, -0.25) is 33.7 Å². The van der Waals surface area contributed by atoms with Crippen LogP contribution in [0.5, 0.6) is 0 Å². The summed E-state index contributed by atoms with van der Waals surface area (Å²) in [5, 5.41) is 10.9. The fourth-order valence-corrected chi connectivity index (χ4v) is 7.49. The number of imide groups is 2. The molecule has 20 heteroatoms. The molecule has 15 nitrogen and oxygen atoms in total. The molecule has 7 rings (SSSR count). The number of benzene rings is 3. The van der Waals surface area contributed by atoms with Crippen molar-refractivity contribution in [3.05, 3.63) is 100 Å². The molecule has 1 aromatic heterocycles. The third-order valence-electron chi connectivity index (χ3n) is 10.2. The maximum Gasteiger partial charge on any atom is 0.421 e. The number of hydrogen-bond donors (Lipinski definition) is 4. The molecule has 4 N–H and O–H groups in total. The first-order valence-corrected chi connectivity index (χ1v) is 19.9. The maximum absolute atomic E-state index is 15.3. The normalized spacial score (nSPS) is 18.4. The van der Waals surface area contributed by atoms with Crippen molar-refractivity contribution in [2.75, 3.05) is 46.2 Å².